The maximum atomic E-state index is 12.1. The summed E-state index contributed by atoms with van der Waals surface area (Å²) in [5.74, 6) is 1.50. The third kappa shape index (κ3) is 4.02. The Bertz CT molecular complexity index is 496. The topological polar surface area (TPSA) is 73.6 Å². The second kappa shape index (κ2) is 7.52. The van der Waals surface area contributed by atoms with Crippen LogP contribution in [0.15, 0.2) is 18.2 Å². The molecule has 1 aliphatic heterocycles. The second-order valence-corrected chi connectivity index (χ2v) is 5.25. The van der Waals surface area contributed by atoms with E-state index in [1.165, 1.54) is 0 Å². The molecule has 0 saturated carbocycles. The van der Waals surface area contributed by atoms with Gasteiger partial charge in [-0.25, -0.2) is 0 Å². The smallest absolute Gasteiger partial charge is 0.237 e. The molecular formula is C15H23ClN2O3. The molecule has 0 radical (unpaired) electrons. The Morgan fingerprint density at radius 3 is 2.67 bits per heavy atom. The Labute approximate surface area is 131 Å². The van der Waals surface area contributed by atoms with Crippen molar-refractivity contribution in [2.24, 2.45) is 11.7 Å². The van der Waals surface area contributed by atoms with Crippen LogP contribution in [0.2, 0.25) is 0 Å². The third-order valence-electron chi connectivity index (χ3n) is 3.82. The SMILES string of the molecule is CCC(C)C(N)C(=O)NC(C)c1ccc2c(c1)OCO2.Cl. The lowest BCUT2D eigenvalue weighted by Crippen LogP contribution is -2.45. The number of ether oxygens (including phenoxy) is 2. The number of hydrogen-bond acceptors (Lipinski definition) is 4. The fourth-order valence-electron chi connectivity index (χ4n) is 2.09. The first kappa shape index (κ1) is 17.6. The molecule has 0 fully saturated rings. The molecule has 1 aromatic carbocycles. The van der Waals surface area contributed by atoms with Gasteiger partial charge >= 0.3 is 0 Å². The minimum absolute atomic E-state index is 0. The molecule has 2 rings (SSSR count). The van der Waals surface area contributed by atoms with Crippen molar-refractivity contribution in [3.8, 4) is 11.5 Å². The molecule has 5 nitrogen and oxygen atoms in total. The van der Waals surface area contributed by atoms with Crippen LogP contribution in [0.4, 0.5) is 0 Å². The molecule has 1 heterocycles. The summed E-state index contributed by atoms with van der Waals surface area (Å²) in [4.78, 5) is 12.1. The van der Waals surface area contributed by atoms with Crippen LogP contribution in [-0.4, -0.2) is 18.7 Å². The zero-order valence-electron chi connectivity index (χ0n) is 12.6. The number of nitrogens with two attached hydrogens (primary N) is 1. The Morgan fingerprint density at radius 1 is 1.33 bits per heavy atom. The van der Waals surface area contributed by atoms with E-state index in [0.29, 0.717) is 0 Å². The summed E-state index contributed by atoms with van der Waals surface area (Å²) in [6, 6.07) is 5.08. The van der Waals surface area contributed by atoms with Crippen molar-refractivity contribution in [2.45, 2.75) is 39.3 Å². The lowest BCUT2D eigenvalue weighted by atomic mass is 9.98. The van der Waals surface area contributed by atoms with Gasteiger partial charge in [0.15, 0.2) is 11.5 Å². The number of carbonyl (C=O) groups is 1. The number of benzene rings is 1. The lowest BCUT2D eigenvalue weighted by Gasteiger charge is -2.21. The summed E-state index contributed by atoms with van der Waals surface area (Å²) in [6.07, 6.45) is 0.882. The molecule has 3 atom stereocenters. The number of hydrogen-bond donors (Lipinski definition) is 2. The first-order valence-corrected chi connectivity index (χ1v) is 6.98. The Hall–Kier alpha value is -1.46. The van der Waals surface area contributed by atoms with Gasteiger partial charge in [0.1, 0.15) is 0 Å². The van der Waals surface area contributed by atoms with Gasteiger partial charge < -0.3 is 20.5 Å². The van der Waals surface area contributed by atoms with Crippen molar-refractivity contribution in [3.05, 3.63) is 23.8 Å². The van der Waals surface area contributed by atoms with Crippen LogP contribution in [0, 0.1) is 5.92 Å². The van der Waals surface area contributed by atoms with Crippen LogP contribution in [0.25, 0.3) is 0 Å². The minimum Gasteiger partial charge on any atom is -0.454 e. The molecule has 21 heavy (non-hydrogen) atoms. The predicted molar refractivity (Wildman–Crippen MR) is 83.8 cm³/mol. The molecule has 0 spiro atoms. The van der Waals surface area contributed by atoms with E-state index in [0.717, 1.165) is 23.5 Å². The van der Waals surface area contributed by atoms with Crippen LogP contribution < -0.4 is 20.5 Å². The highest BCUT2D eigenvalue weighted by Gasteiger charge is 2.22. The molecule has 6 heteroatoms. The van der Waals surface area contributed by atoms with E-state index in [1.54, 1.807) is 0 Å². The van der Waals surface area contributed by atoms with Gasteiger partial charge in [-0.05, 0) is 30.5 Å². The van der Waals surface area contributed by atoms with Crippen molar-refractivity contribution >= 4 is 18.3 Å². The summed E-state index contributed by atoms with van der Waals surface area (Å²) in [5.41, 5.74) is 6.90. The lowest BCUT2D eigenvalue weighted by molar-refractivity contribution is -0.124. The van der Waals surface area contributed by atoms with Gasteiger partial charge in [-0.15, -0.1) is 12.4 Å². The summed E-state index contributed by atoms with van der Waals surface area (Å²) < 4.78 is 10.6. The van der Waals surface area contributed by atoms with E-state index in [9.17, 15) is 4.79 Å². The average Bonchev–Trinajstić information content (AvgIpc) is 2.92. The highest BCUT2D eigenvalue weighted by atomic mass is 35.5. The number of nitrogens with one attached hydrogen (secondary N) is 1. The van der Waals surface area contributed by atoms with Gasteiger partial charge in [-0.1, -0.05) is 26.3 Å². The average molecular weight is 315 g/mol. The van der Waals surface area contributed by atoms with Gasteiger partial charge in [0.2, 0.25) is 12.7 Å². The molecule has 0 aliphatic carbocycles. The van der Waals surface area contributed by atoms with Crippen molar-refractivity contribution in [1.29, 1.82) is 0 Å². The molecule has 1 aromatic rings. The van der Waals surface area contributed by atoms with E-state index in [1.807, 2.05) is 39.0 Å². The number of halogens is 1. The normalized spacial score (nSPS) is 16.6. The molecule has 118 valence electrons. The summed E-state index contributed by atoms with van der Waals surface area (Å²) in [7, 11) is 0. The van der Waals surface area contributed by atoms with E-state index in [-0.39, 0.29) is 37.1 Å². The monoisotopic (exact) mass is 314 g/mol. The van der Waals surface area contributed by atoms with Gasteiger partial charge in [0.25, 0.3) is 0 Å². The molecule has 1 aliphatic rings. The van der Waals surface area contributed by atoms with Crippen LogP contribution in [0.1, 0.15) is 38.8 Å². The van der Waals surface area contributed by atoms with E-state index < -0.39 is 6.04 Å². The fraction of sp³-hybridized carbons (Fsp3) is 0.533. The van der Waals surface area contributed by atoms with Crippen LogP contribution in [0.5, 0.6) is 11.5 Å². The molecule has 3 N–H and O–H groups in total. The number of amides is 1. The number of carbonyl (C=O) groups excluding carboxylic acids is 1. The van der Waals surface area contributed by atoms with Gasteiger partial charge in [0.05, 0.1) is 12.1 Å². The Morgan fingerprint density at radius 2 is 2.00 bits per heavy atom. The van der Waals surface area contributed by atoms with Crippen LogP contribution in [0.3, 0.4) is 0 Å². The molecule has 1 amide bonds. The standard InChI is InChI=1S/C15H22N2O3.ClH/c1-4-9(2)14(16)15(18)17-10(3)11-5-6-12-13(7-11)20-8-19-12;/h5-7,9-10,14H,4,8,16H2,1-3H3,(H,17,18);1H. The predicted octanol–water partition coefficient (Wildman–Crippen LogP) is 2.39. The third-order valence-corrected chi connectivity index (χ3v) is 3.82. The van der Waals surface area contributed by atoms with Crippen LogP contribution >= 0.6 is 12.4 Å². The molecule has 0 saturated heterocycles. The van der Waals surface area contributed by atoms with Crippen LogP contribution in [-0.2, 0) is 4.79 Å². The largest absolute Gasteiger partial charge is 0.454 e. The van der Waals surface area contributed by atoms with Crippen molar-refractivity contribution in [2.75, 3.05) is 6.79 Å². The van der Waals surface area contributed by atoms with E-state index in [2.05, 4.69) is 5.32 Å². The summed E-state index contributed by atoms with van der Waals surface area (Å²) in [6.45, 7) is 6.19. The minimum atomic E-state index is -0.475. The number of rotatable bonds is 5. The van der Waals surface area contributed by atoms with Crippen molar-refractivity contribution in [1.82, 2.24) is 5.32 Å². The van der Waals surface area contributed by atoms with Gasteiger partial charge in [-0.3, -0.25) is 4.79 Å². The Kier molecular flexibility index (Phi) is 6.30. The maximum Gasteiger partial charge on any atom is 0.237 e. The Balaban J connectivity index is 0.00000220. The molecule has 0 aromatic heterocycles. The van der Waals surface area contributed by atoms with Gasteiger partial charge in [-0.2, -0.15) is 0 Å². The summed E-state index contributed by atoms with van der Waals surface area (Å²) >= 11 is 0. The highest BCUT2D eigenvalue weighted by Crippen LogP contribution is 2.34. The second-order valence-electron chi connectivity index (χ2n) is 5.25. The fourth-order valence-corrected chi connectivity index (χ4v) is 2.09. The van der Waals surface area contributed by atoms with Gasteiger partial charge in [0, 0.05) is 0 Å². The molecule has 3 unspecified atom stereocenters. The molecule has 0 bridgehead atoms. The quantitative estimate of drug-likeness (QED) is 0.875. The van der Waals surface area contributed by atoms with E-state index in [4.69, 9.17) is 15.2 Å². The summed E-state index contributed by atoms with van der Waals surface area (Å²) in [5, 5.41) is 2.94. The van der Waals surface area contributed by atoms with E-state index >= 15 is 0 Å². The zero-order valence-corrected chi connectivity index (χ0v) is 13.4. The van der Waals surface area contributed by atoms with Crippen molar-refractivity contribution < 1.29 is 14.3 Å². The highest BCUT2D eigenvalue weighted by molar-refractivity contribution is 5.85. The van der Waals surface area contributed by atoms with Crippen molar-refractivity contribution in [3.63, 3.8) is 0 Å². The first-order valence-electron chi connectivity index (χ1n) is 6.98. The zero-order chi connectivity index (χ0) is 14.7. The number of fused-ring (bicyclic) bond motifs is 1. The molecular weight excluding hydrogens is 292 g/mol. The maximum absolute atomic E-state index is 12.1. The first-order chi connectivity index (χ1) is 9.52.